The van der Waals surface area contributed by atoms with Crippen LogP contribution in [0.2, 0.25) is 0 Å². The molecule has 3 rings (SSSR count). The zero-order valence-electron chi connectivity index (χ0n) is 26.0. The Morgan fingerprint density at radius 1 is 1.07 bits per heavy atom. The highest BCUT2D eigenvalue weighted by Crippen LogP contribution is 2.31. The van der Waals surface area contributed by atoms with E-state index in [2.05, 4.69) is 35.5 Å². The molecule has 238 valence electrons. The van der Waals surface area contributed by atoms with Gasteiger partial charge in [-0.3, -0.25) is 9.69 Å². The van der Waals surface area contributed by atoms with Crippen LogP contribution in [0.4, 0.5) is 15.0 Å². The third-order valence-corrected chi connectivity index (χ3v) is 8.31. The van der Waals surface area contributed by atoms with E-state index in [4.69, 9.17) is 4.74 Å². The van der Waals surface area contributed by atoms with Crippen LogP contribution in [0.1, 0.15) is 83.7 Å². The molecule has 1 unspecified atom stereocenters. The van der Waals surface area contributed by atoms with E-state index in [0.717, 1.165) is 29.7 Å². The number of nitrogens with one attached hydrogen (secondary N) is 1. The Bertz CT molecular complexity index is 1560. The standard InChI is InChI=1S/C32H41FN4O6S/c1-7-8-17-32(5,6)23-16-15-22(24(33)20-23)19-26(36-44(41,42)28-14-9-10-18-34-28)25-12-11-13-27(35-25)37(21-29(38)39)30(40)43-31(2,3)4/h9-16,18,20,26,36H,7-8,17,19,21H2,1-6H3,(H,38,39). The first kappa shape index (κ1) is 34.6. The van der Waals surface area contributed by atoms with Crippen LogP contribution in [-0.2, 0) is 31.4 Å². The quantitative estimate of drug-likeness (QED) is 0.229. The van der Waals surface area contributed by atoms with E-state index >= 15 is 4.39 Å². The van der Waals surface area contributed by atoms with Crippen LogP contribution in [0.5, 0.6) is 0 Å². The van der Waals surface area contributed by atoms with Crippen molar-refractivity contribution in [1.29, 1.82) is 0 Å². The lowest BCUT2D eigenvalue weighted by Gasteiger charge is -2.27. The summed E-state index contributed by atoms with van der Waals surface area (Å²) in [5.41, 5.74) is 0.0459. The number of rotatable bonds is 13. The number of aromatic nitrogens is 2. The maximum absolute atomic E-state index is 15.6. The van der Waals surface area contributed by atoms with Gasteiger partial charge in [-0.05, 0) is 80.5 Å². The average molecular weight is 629 g/mol. The van der Waals surface area contributed by atoms with E-state index in [9.17, 15) is 23.1 Å². The second-order valence-corrected chi connectivity index (χ2v) is 13.9. The molecule has 10 nitrogen and oxygen atoms in total. The Balaban J connectivity index is 2.06. The summed E-state index contributed by atoms with van der Waals surface area (Å²) >= 11 is 0. The van der Waals surface area contributed by atoms with Gasteiger partial charge in [0.05, 0.1) is 11.7 Å². The van der Waals surface area contributed by atoms with E-state index < -0.39 is 46.1 Å². The van der Waals surface area contributed by atoms with Gasteiger partial charge >= 0.3 is 12.1 Å². The summed E-state index contributed by atoms with van der Waals surface area (Å²) in [4.78, 5) is 33.8. The number of sulfonamides is 1. The number of carbonyl (C=O) groups is 2. The fourth-order valence-electron chi connectivity index (χ4n) is 4.55. The molecule has 2 heterocycles. The fraction of sp³-hybridized carbons (Fsp3) is 0.438. The first-order valence-corrected chi connectivity index (χ1v) is 15.9. The fourth-order valence-corrected chi connectivity index (χ4v) is 5.71. The minimum Gasteiger partial charge on any atom is -0.480 e. The minimum absolute atomic E-state index is 0.0744. The topological polar surface area (TPSA) is 139 Å². The molecule has 2 aromatic heterocycles. The van der Waals surface area contributed by atoms with Crippen LogP contribution < -0.4 is 9.62 Å². The number of ether oxygens (including phenoxy) is 1. The summed E-state index contributed by atoms with van der Waals surface area (Å²) in [5, 5.41) is 9.25. The lowest BCUT2D eigenvalue weighted by molar-refractivity contribution is -0.135. The Kier molecular flexibility index (Phi) is 11.2. The van der Waals surface area contributed by atoms with Crippen LogP contribution in [-0.4, -0.2) is 47.7 Å². The Morgan fingerprint density at radius 3 is 2.39 bits per heavy atom. The zero-order valence-corrected chi connectivity index (χ0v) is 26.8. The average Bonchev–Trinajstić information content (AvgIpc) is 2.94. The van der Waals surface area contributed by atoms with Crippen molar-refractivity contribution in [2.75, 3.05) is 11.4 Å². The van der Waals surface area contributed by atoms with E-state index in [-0.39, 0.29) is 33.9 Å². The van der Waals surface area contributed by atoms with E-state index in [1.807, 2.05) is 6.07 Å². The molecule has 1 amide bonds. The molecule has 1 atom stereocenters. The van der Waals surface area contributed by atoms with Crippen LogP contribution in [0.15, 0.2) is 65.8 Å². The zero-order chi connectivity index (χ0) is 32.7. The number of unbranched alkanes of at least 4 members (excludes halogenated alkanes) is 1. The molecule has 12 heteroatoms. The highest BCUT2D eigenvalue weighted by molar-refractivity contribution is 7.89. The molecule has 0 saturated heterocycles. The van der Waals surface area contributed by atoms with Crippen LogP contribution in [0, 0.1) is 5.82 Å². The molecule has 0 aliphatic heterocycles. The SMILES string of the molecule is CCCCC(C)(C)c1ccc(CC(NS(=O)(=O)c2ccccn2)c2cccc(N(CC(=O)O)C(=O)OC(C)(C)C)n2)c(F)c1. The van der Waals surface area contributed by atoms with Crippen molar-refractivity contribution in [3.63, 3.8) is 0 Å². The van der Waals surface area contributed by atoms with Gasteiger partial charge in [0.15, 0.2) is 5.03 Å². The largest absolute Gasteiger partial charge is 0.480 e. The molecule has 44 heavy (non-hydrogen) atoms. The van der Waals surface area contributed by atoms with Crippen molar-refractivity contribution in [2.45, 2.75) is 89.3 Å². The summed E-state index contributed by atoms with van der Waals surface area (Å²) in [7, 11) is -4.20. The first-order valence-electron chi connectivity index (χ1n) is 14.4. The molecule has 0 aliphatic rings. The lowest BCUT2D eigenvalue weighted by atomic mass is 9.79. The molecule has 0 aliphatic carbocycles. The van der Waals surface area contributed by atoms with Gasteiger partial charge in [-0.2, -0.15) is 0 Å². The number of benzene rings is 1. The number of nitrogens with zero attached hydrogens (tertiary/aromatic N) is 3. The molecular formula is C32H41FN4O6S. The number of halogens is 1. The summed E-state index contributed by atoms with van der Waals surface area (Å²) < 4.78 is 50.3. The van der Waals surface area contributed by atoms with E-state index in [1.54, 1.807) is 32.9 Å². The van der Waals surface area contributed by atoms with E-state index in [1.165, 1.54) is 42.6 Å². The van der Waals surface area contributed by atoms with Gasteiger partial charge in [0.2, 0.25) is 0 Å². The number of hydrogen-bond donors (Lipinski definition) is 2. The van der Waals surface area contributed by atoms with Gasteiger partial charge in [0.25, 0.3) is 10.0 Å². The van der Waals surface area contributed by atoms with Gasteiger partial charge in [0, 0.05) is 6.20 Å². The van der Waals surface area contributed by atoms with Crippen molar-refractivity contribution >= 4 is 27.9 Å². The molecule has 1 aromatic carbocycles. The second-order valence-electron chi connectivity index (χ2n) is 12.2. The minimum atomic E-state index is -4.20. The highest BCUT2D eigenvalue weighted by Gasteiger charge is 2.29. The third kappa shape index (κ3) is 9.55. The molecule has 0 radical (unpaired) electrons. The van der Waals surface area contributed by atoms with Gasteiger partial charge < -0.3 is 9.84 Å². The molecule has 3 aromatic rings. The van der Waals surface area contributed by atoms with Crippen LogP contribution in [0.3, 0.4) is 0 Å². The number of carboxylic acid groups (broad SMARTS) is 1. The molecule has 0 saturated carbocycles. The normalized spacial score (nSPS) is 12.9. The molecule has 0 spiro atoms. The van der Waals surface area contributed by atoms with Crippen molar-refractivity contribution in [3.8, 4) is 0 Å². The van der Waals surface area contributed by atoms with Gasteiger partial charge in [-0.25, -0.2) is 32.3 Å². The molecule has 0 fully saturated rings. The van der Waals surface area contributed by atoms with Crippen LogP contribution >= 0.6 is 0 Å². The van der Waals surface area contributed by atoms with Gasteiger partial charge in [0.1, 0.15) is 23.8 Å². The number of aliphatic carboxylic acids is 1. The van der Waals surface area contributed by atoms with E-state index in [0.29, 0.717) is 0 Å². The smallest absolute Gasteiger partial charge is 0.416 e. The Morgan fingerprint density at radius 2 is 1.80 bits per heavy atom. The predicted molar refractivity (Wildman–Crippen MR) is 165 cm³/mol. The summed E-state index contributed by atoms with van der Waals surface area (Å²) in [5.74, 6) is -1.87. The van der Waals surface area contributed by atoms with Crippen LogP contribution in [0.25, 0.3) is 0 Å². The van der Waals surface area contributed by atoms with Crippen molar-refractivity contribution in [1.82, 2.24) is 14.7 Å². The van der Waals surface area contributed by atoms with Crippen molar-refractivity contribution in [3.05, 3.63) is 83.4 Å². The van der Waals surface area contributed by atoms with Crippen molar-refractivity contribution < 1.29 is 32.2 Å². The van der Waals surface area contributed by atoms with Gasteiger partial charge in [-0.1, -0.05) is 57.9 Å². The van der Waals surface area contributed by atoms with Crippen molar-refractivity contribution in [2.24, 2.45) is 0 Å². The first-order chi connectivity index (χ1) is 20.5. The molecule has 0 bridgehead atoms. The summed E-state index contributed by atoms with van der Waals surface area (Å²) in [6.07, 6.45) is 3.17. The second kappa shape index (κ2) is 14.3. The Hall–Kier alpha value is -3.90. The molecular weight excluding hydrogens is 587 g/mol. The summed E-state index contributed by atoms with van der Waals surface area (Å²) in [6, 6.07) is 12.7. The number of carboxylic acids is 1. The summed E-state index contributed by atoms with van der Waals surface area (Å²) in [6.45, 7) is 10.4. The lowest BCUT2D eigenvalue weighted by Crippen LogP contribution is -2.40. The number of hydrogen-bond acceptors (Lipinski definition) is 7. The maximum Gasteiger partial charge on any atom is 0.416 e. The Labute approximate surface area is 258 Å². The number of amides is 1. The monoisotopic (exact) mass is 628 g/mol. The number of pyridine rings is 2. The predicted octanol–water partition coefficient (Wildman–Crippen LogP) is 6.17. The highest BCUT2D eigenvalue weighted by atomic mass is 32.2. The molecule has 2 N–H and O–H groups in total. The van der Waals surface area contributed by atoms with Gasteiger partial charge in [-0.15, -0.1) is 0 Å². The maximum atomic E-state index is 15.6. The number of anilines is 1. The number of carbonyl (C=O) groups excluding carboxylic acids is 1. The third-order valence-electron chi connectivity index (χ3n) is 6.92.